The molecule has 0 aliphatic rings. The van der Waals surface area contributed by atoms with Crippen molar-refractivity contribution in [1.82, 2.24) is 13.5 Å². The van der Waals surface area contributed by atoms with E-state index in [0.717, 1.165) is 11.7 Å². The van der Waals surface area contributed by atoms with Gasteiger partial charge in [-0.1, -0.05) is 12.1 Å². The summed E-state index contributed by atoms with van der Waals surface area (Å²) < 4.78 is 41.6. The predicted octanol–water partition coefficient (Wildman–Crippen LogP) is 2.56. The standard InChI is InChI=1S/C16H13N3O4S3/c20-16(13-6-2-8-23-13,14-7-3-9-24-14)10-17-26(21,22)12-5-1-4-11-15(12)19-25-18-11/h1-9,17,20H,10H2. The number of furan rings is 1. The highest BCUT2D eigenvalue weighted by Gasteiger charge is 2.37. The summed E-state index contributed by atoms with van der Waals surface area (Å²) >= 11 is 2.26. The third-order valence-corrected chi connectivity index (χ3v) is 6.91. The van der Waals surface area contributed by atoms with Gasteiger partial charge in [0.2, 0.25) is 10.0 Å². The third kappa shape index (κ3) is 2.95. The second-order valence-electron chi connectivity index (χ2n) is 5.53. The Morgan fingerprint density at radius 3 is 2.77 bits per heavy atom. The van der Waals surface area contributed by atoms with E-state index in [-0.39, 0.29) is 17.2 Å². The number of sulfonamides is 1. The zero-order chi connectivity index (χ0) is 18.2. The molecule has 0 bridgehead atoms. The van der Waals surface area contributed by atoms with Crippen LogP contribution >= 0.6 is 23.1 Å². The van der Waals surface area contributed by atoms with Crippen LogP contribution in [0.25, 0.3) is 11.0 Å². The number of nitrogens with zero attached hydrogens (tertiary/aromatic N) is 2. The molecule has 2 N–H and O–H groups in total. The molecule has 26 heavy (non-hydrogen) atoms. The largest absolute Gasteiger partial charge is 0.466 e. The Bertz CT molecular complexity index is 1080. The van der Waals surface area contributed by atoms with Gasteiger partial charge in [0.1, 0.15) is 21.7 Å². The number of fused-ring (bicyclic) bond motifs is 1. The van der Waals surface area contributed by atoms with E-state index >= 15 is 0 Å². The van der Waals surface area contributed by atoms with Crippen molar-refractivity contribution in [2.75, 3.05) is 6.54 Å². The van der Waals surface area contributed by atoms with Crippen LogP contribution < -0.4 is 4.72 Å². The summed E-state index contributed by atoms with van der Waals surface area (Å²) in [6, 6.07) is 11.5. The van der Waals surface area contributed by atoms with Gasteiger partial charge < -0.3 is 9.52 Å². The van der Waals surface area contributed by atoms with Crippen LogP contribution in [-0.4, -0.2) is 28.8 Å². The summed E-state index contributed by atoms with van der Waals surface area (Å²) in [4.78, 5) is 0.598. The van der Waals surface area contributed by atoms with Crippen molar-refractivity contribution < 1.29 is 17.9 Å². The number of nitrogens with one attached hydrogen (secondary N) is 1. The molecule has 1 unspecified atom stereocenters. The van der Waals surface area contributed by atoms with Gasteiger partial charge >= 0.3 is 0 Å². The number of hydrogen-bond donors (Lipinski definition) is 2. The number of benzene rings is 1. The molecule has 0 spiro atoms. The first kappa shape index (κ1) is 17.3. The molecule has 0 saturated carbocycles. The summed E-state index contributed by atoms with van der Waals surface area (Å²) in [6.07, 6.45) is 1.43. The molecule has 0 amide bonds. The average Bonchev–Trinajstić information content (AvgIpc) is 3.41. The zero-order valence-corrected chi connectivity index (χ0v) is 15.6. The Hall–Kier alpha value is -2.11. The molecule has 4 rings (SSSR count). The number of aromatic nitrogens is 2. The lowest BCUT2D eigenvalue weighted by Gasteiger charge is -2.25. The van der Waals surface area contributed by atoms with E-state index in [0.29, 0.717) is 15.9 Å². The van der Waals surface area contributed by atoms with Crippen LogP contribution in [-0.2, 0) is 15.6 Å². The van der Waals surface area contributed by atoms with Gasteiger partial charge in [-0.3, -0.25) is 0 Å². The molecule has 0 aliphatic carbocycles. The SMILES string of the molecule is O=S(=O)(NCC(O)(c1ccco1)c1cccs1)c1cccc2nsnc12. The number of aliphatic hydroxyl groups is 1. The van der Waals surface area contributed by atoms with Crippen LogP contribution in [0.5, 0.6) is 0 Å². The lowest BCUT2D eigenvalue weighted by molar-refractivity contribution is 0.0655. The molecule has 3 aromatic heterocycles. The normalized spacial score (nSPS) is 14.5. The minimum atomic E-state index is -3.91. The highest BCUT2D eigenvalue weighted by Crippen LogP contribution is 2.33. The summed E-state index contributed by atoms with van der Waals surface area (Å²) in [6.45, 7) is -0.280. The summed E-state index contributed by atoms with van der Waals surface area (Å²) in [5.41, 5.74) is -0.793. The van der Waals surface area contributed by atoms with Gasteiger partial charge in [-0.05, 0) is 35.7 Å². The monoisotopic (exact) mass is 407 g/mol. The molecule has 1 aromatic carbocycles. The van der Waals surface area contributed by atoms with E-state index in [4.69, 9.17) is 4.42 Å². The number of thiophene rings is 1. The predicted molar refractivity (Wildman–Crippen MR) is 98.6 cm³/mol. The third-order valence-electron chi connectivity index (χ3n) is 3.91. The Morgan fingerprint density at radius 1 is 1.15 bits per heavy atom. The fraction of sp³-hybridized carbons (Fsp3) is 0.125. The maximum Gasteiger partial charge on any atom is 0.242 e. The van der Waals surface area contributed by atoms with Gasteiger partial charge in [-0.2, -0.15) is 8.75 Å². The van der Waals surface area contributed by atoms with Crippen molar-refractivity contribution in [3.8, 4) is 0 Å². The smallest absolute Gasteiger partial charge is 0.242 e. The number of hydrogen-bond acceptors (Lipinski definition) is 8. The van der Waals surface area contributed by atoms with Crippen LogP contribution in [0.1, 0.15) is 10.6 Å². The zero-order valence-electron chi connectivity index (χ0n) is 13.2. The first-order valence-electron chi connectivity index (χ1n) is 7.52. The highest BCUT2D eigenvalue weighted by molar-refractivity contribution is 7.89. The van der Waals surface area contributed by atoms with Crippen molar-refractivity contribution in [2.45, 2.75) is 10.5 Å². The van der Waals surface area contributed by atoms with Crippen molar-refractivity contribution >= 4 is 44.1 Å². The number of rotatable bonds is 6. The van der Waals surface area contributed by atoms with Crippen molar-refractivity contribution in [2.24, 2.45) is 0 Å². The van der Waals surface area contributed by atoms with Crippen molar-refractivity contribution in [1.29, 1.82) is 0 Å². The van der Waals surface area contributed by atoms with E-state index < -0.39 is 15.6 Å². The van der Waals surface area contributed by atoms with E-state index in [1.165, 1.54) is 23.7 Å². The minimum Gasteiger partial charge on any atom is -0.466 e. The first-order chi connectivity index (χ1) is 12.5. The van der Waals surface area contributed by atoms with Gasteiger partial charge in [0.25, 0.3) is 0 Å². The Morgan fingerprint density at radius 2 is 2.04 bits per heavy atom. The second kappa shape index (κ2) is 6.56. The lowest BCUT2D eigenvalue weighted by atomic mass is 9.99. The molecular formula is C16H13N3O4S3. The molecule has 0 radical (unpaired) electrons. The Balaban J connectivity index is 1.69. The van der Waals surface area contributed by atoms with Gasteiger partial charge in [0.05, 0.1) is 24.5 Å². The topological polar surface area (TPSA) is 105 Å². The molecule has 7 nitrogen and oxygen atoms in total. The van der Waals surface area contributed by atoms with Crippen molar-refractivity contribution in [3.63, 3.8) is 0 Å². The molecule has 0 fully saturated rings. The average molecular weight is 407 g/mol. The van der Waals surface area contributed by atoms with Gasteiger partial charge in [0, 0.05) is 4.88 Å². The molecule has 3 heterocycles. The highest BCUT2D eigenvalue weighted by atomic mass is 32.2. The molecule has 134 valence electrons. The van der Waals surface area contributed by atoms with Gasteiger partial charge in [-0.15, -0.1) is 11.3 Å². The fourth-order valence-electron chi connectivity index (χ4n) is 2.60. The van der Waals surface area contributed by atoms with E-state index in [1.807, 2.05) is 0 Å². The Kier molecular flexibility index (Phi) is 4.37. The Labute approximate surface area is 157 Å². The lowest BCUT2D eigenvalue weighted by Crippen LogP contribution is -2.41. The van der Waals surface area contributed by atoms with Crippen LogP contribution in [0.2, 0.25) is 0 Å². The molecule has 0 saturated heterocycles. The second-order valence-corrected chi connectivity index (χ2v) is 8.74. The van der Waals surface area contributed by atoms with Gasteiger partial charge in [-0.25, -0.2) is 13.1 Å². The molecule has 4 aromatic rings. The molecule has 1 atom stereocenters. The van der Waals surface area contributed by atoms with Crippen LogP contribution in [0.4, 0.5) is 0 Å². The van der Waals surface area contributed by atoms with Crippen molar-refractivity contribution in [3.05, 3.63) is 64.7 Å². The summed E-state index contributed by atoms with van der Waals surface area (Å²) in [7, 11) is -3.91. The van der Waals surface area contributed by atoms with E-state index in [9.17, 15) is 13.5 Å². The maximum absolute atomic E-state index is 12.8. The minimum absolute atomic E-state index is 0.0247. The quantitative estimate of drug-likeness (QED) is 0.509. The summed E-state index contributed by atoms with van der Waals surface area (Å²) in [5, 5.41) is 13.0. The molecule has 0 aliphatic heterocycles. The molecular weight excluding hydrogens is 394 g/mol. The summed E-state index contributed by atoms with van der Waals surface area (Å²) in [5.74, 6) is 0.260. The van der Waals surface area contributed by atoms with E-state index in [2.05, 4.69) is 13.5 Å². The first-order valence-corrected chi connectivity index (χ1v) is 10.6. The maximum atomic E-state index is 12.8. The van der Waals surface area contributed by atoms with E-state index in [1.54, 1.807) is 41.8 Å². The fourth-order valence-corrected chi connectivity index (χ4v) is 5.25. The molecule has 10 heteroatoms. The van der Waals surface area contributed by atoms with Gasteiger partial charge in [0.15, 0.2) is 5.60 Å². The van der Waals surface area contributed by atoms with Crippen LogP contribution in [0, 0.1) is 0 Å². The van der Waals surface area contributed by atoms with Crippen LogP contribution in [0.15, 0.2) is 63.4 Å². The van der Waals surface area contributed by atoms with Crippen LogP contribution in [0.3, 0.4) is 0 Å².